The summed E-state index contributed by atoms with van der Waals surface area (Å²) >= 11 is 0. The fourth-order valence-electron chi connectivity index (χ4n) is 2.32. The van der Waals surface area contributed by atoms with Crippen LogP contribution < -0.4 is 4.13 Å². The summed E-state index contributed by atoms with van der Waals surface area (Å²) in [7, 11) is -13.2. The second kappa shape index (κ2) is 7.60. The minimum Gasteiger partial charge on any atom is -0.620 e. The molecule has 2 bridgehead atoms. The quantitative estimate of drug-likeness (QED) is 0.500. The average molecular weight is 453 g/mol. The average Bonchev–Trinajstić information content (AvgIpc) is 2.43. The molecule has 2 heterocycles. The molecule has 0 amide bonds. The predicted octanol–water partition coefficient (Wildman–Crippen LogP) is 0.865. The molecule has 0 aliphatic carbocycles. The maximum atomic E-state index is 11.5. The van der Waals surface area contributed by atoms with Crippen LogP contribution in [0.5, 0.6) is 0 Å². The summed E-state index contributed by atoms with van der Waals surface area (Å²) in [6.45, 7) is 7.38. The number of alkyl halides is 6. The lowest BCUT2D eigenvalue weighted by Crippen LogP contribution is -2.67. The second-order valence-corrected chi connectivity index (χ2v) is 9.30. The van der Waals surface area contributed by atoms with E-state index in [1.165, 1.54) is 0 Å². The van der Waals surface area contributed by atoms with Crippen molar-refractivity contribution in [1.82, 2.24) is 4.13 Å². The Morgan fingerprint density at radius 1 is 0.963 bits per heavy atom. The van der Waals surface area contributed by atoms with Crippen LogP contribution >= 0.6 is 0 Å². The van der Waals surface area contributed by atoms with Crippen LogP contribution in [-0.4, -0.2) is 77.6 Å². The third-order valence-electron chi connectivity index (χ3n) is 3.84. The Kier molecular flexibility index (Phi) is 6.85. The number of halogens is 6. The summed E-state index contributed by atoms with van der Waals surface area (Å²) in [5.74, 6) is -1.04. The Labute approximate surface area is 151 Å². The molecule has 0 atom stereocenters. The zero-order valence-electron chi connectivity index (χ0n) is 13.7. The number of morpholine rings is 2. The van der Waals surface area contributed by atoms with Crippen LogP contribution in [0.3, 0.4) is 0 Å². The Balaban J connectivity index is 0.000000274. The number of nitrogens with one attached hydrogen (secondary N) is 2. The van der Waals surface area contributed by atoms with Crippen LogP contribution in [0.4, 0.5) is 26.3 Å². The molecule has 0 aromatic rings. The van der Waals surface area contributed by atoms with Crippen molar-refractivity contribution in [3.05, 3.63) is 5.73 Å². The zero-order chi connectivity index (χ0) is 21.4. The van der Waals surface area contributed by atoms with E-state index < -0.39 is 41.1 Å². The Hall–Kier alpha value is -0.720. The van der Waals surface area contributed by atoms with Crippen molar-refractivity contribution in [2.24, 2.45) is 0 Å². The molecular formula is C10H17F6N3O6S2. The van der Waals surface area contributed by atoms with Gasteiger partial charge in [-0.3, -0.25) is 0 Å². The number of likely N-dealkylation sites (N-methyl/N-ethyl adjacent to an activating group) is 1. The van der Waals surface area contributed by atoms with Crippen molar-refractivity contribution in [2.75, 3.05) is 39.4 Å². The van der Waals surface area contributed by atoms with Crippen molar-refractivity contribution in [3.8, 4) is 0 Å². The lowest BCUT2D eigenvalue weighted by molar-refractivity contribution is -0.953. The number of fused-ring (bicyclic) bond motifs is 2. The maximum Gasteiger partial charge on any atom is 0.512 e. The highest BCUT2D eigenvalue weighted by Gasteiger charge is 2.55. The van der Waals surface area contributed by atoms with Gasteiger partial charge in [-0.1, -0.05) is 4.13 Å². The third kappa shape index (κ3) is 5.88. The fraction of sp³-hybridized carbons (Fsp3) is 1.00. The SMILES string of the molecule is CC[N+]12CCOC([NH-])(C1)OCC2.O=S(=O)(NS(=O)(=O)C(F)(F)F)C(F)(F)F. The number of rotatable bonds is 3. The number of hydrogen-bond acceptors (Lipinski definition) is 6. The molecule has 2 aliphatic heterocycles. The summed E-state index contributed by atoms with van der Waals surface area (Å²) < 4.78 is 120. The lowest BCUT2D eigenvalue weighted by atomic mass is 10.2. The van der Waals surface area contributed by atoms with Crippen LogP contribution in [0.2, 0.25) is 0 Å². The van der Waals surface area contributed by atoms with Gasteiger partial charge in [0.25, 0.3) is 0 Å². The van der Waals surface area contributed by atoms with E-state index in [1.807, 2.05) is 0 Å². The van der Waals surface area contributed by atoms with E-state index in [-0.39, 0.29) is 0 Å². The first-order chi connectivity index (χ1) is 11.9. The first kappa shape index (κ1) is 24.3. The van der Waals surface area contributed by atoms with Gasteiger partial charge in [0, 0.05) is 0 Å². The first-order valence-corrected chi connectivity index (χ1v) is 10.1. The van der Waals surface area contributed by atoms with Crippen molar-refractivity contribution in [2.45, 2.75) is 23.9 Å². The van der Waals surface area contributed by atoms with Crippen LogP contribution in [0.1, 0.15) is 6.92 Å². The van der Waals surface area contributed by atoms with Gasteiger partial charge in [0.15, 0.2) is 0 Å². The Bertz CT molecular complexity index is 684. The number of sulfonamides is 2. The van der Waals surface area contributed by atoms with E-state index in [4.69, 9.17) is 15.2 Å². The van der Waals surface area contributed by atoms with Gasteiger partial charge in [-0.25, -0.2) is 16.8 Å². The molecule has 17 heteroatoms. The van der Waals surface area contributed by atoms with Crippen LogP contribution in [-0.2, 0) is 29.5 Å². The van der Waals surface area contributed by atoms with E-state index in [0.717, 1.165) is 24.1 Å². The summed E-state index contributed by atoms with van der Waals surface area (Å²) in [5.41, 5.74) is -4.48. The molecule has 9 nitrogen and oxygen atoms in total. The molecule has 0 radical (unpaired) electrons. The smallest absolute Gasteiger partial charge is 0.512 e. The fourth-order valence-corrected chi connectivity index (χ4v) is 4.23. The van der Waals surface area contributed by atoms with Crippen molar-refractivity contribution >= 4 is 20.0 Å². The van der Waals surface area contributed by atoms with Crippen LogP contribution in [0.15, 0.2) is 0 Å². The maximum absolute atomic E-state index is 11.5. The Morgan fingerprint density at radius 2 is 1.33 bits per heavy atom. The molecule has 2 N–H and O–H groups in total. The van der Waals surface area contributed by atoms with Gasteiger partial charge in [-0.05, 0) is 6.92 Å². The van der Waals surface area contributed by atoms with E-state index in [9.17, 15) is 43.2 Å². The number of nitrogens with zero attached hydrogens (tertiary/aromatic N) is 1. The first-order valence-electron chi connectivity index (χ1n) is 7.18. The molecule has 0 aromatic heterocycles. The van der Waals surface area contributed by atoms with Gasteiger partial charge in [-0.15, -0.1) is 0 Å². The summed E-state index contributed by atoms with van der Waals surface area (Å²) in [6, 6.07) is 0. The highest BCUT2D eigenvalue weighted by atomic mass is 32.3. The number of hydrogen-bond donors (Lipinski definition) is 1. The van der Waals surface area contributed by atoms with Gasteiger partial charge in [0.2, 0.25) is 0 Å². The molecule has 2 saturated heterocycles. The summed E-state index contributed by atoms with van der Waals surface area (Å²) in [5, 5.41) is 0. The number of quaternary nitrogens is 1. The normalized spacial score (nSPS) is 29.6. The van der Waals surface area contributed by atoms with Crippen molar-refractivity contribution in [1.29, 1.82) is 0 Å². The van der Waals surface area contributed by atoms with Gasteiger partial charge >= 0.3 is 31.1 Å². The molecule has 0 saturated carbocycles. The van der Waals surface area contributed by atoms with E-state index in [2.05, 4.69) is 6.92 Å². The Morgan fingerprint density at radius 3 is 1.59 bits per heavy atom. The van der Waals surface area contributed by atoms with Crippen LogP contribution in [0.25, 0.3) is 5.73 Å². The topological polar surface area (TPSA) is 123 Å². The van der Waals surface area contributed by atoms with E-state index >= 15 is 0 Å². The van der Waals surface area contributed by atoms with E-state index in [0.29, 0.717) is 19.8 Å². The van der Waals surface area contributed by atoms with E-state index in [1.54, 1.807) is 0 Å². The predicted molar refractivity (Wildman–Crippen MR) is 77.4 cm³/mol. The molecule has 2 fully saturated rings. The molecule has 0 aromatic carbocycles. The minimum absolute atomic E-state index is 0.493. The van der Waals surface area contributed by atoms with Crippen molar-refractivity contribution < 1.29 is 57.1 Å². The van der Waals surface area contributed by atoms with Crippen LogP contribution in [0, 0.1) is 0 Å². The highest BCUT2D eigenvalue weighted by Crippen LogP contribution is 2.29. The molecule has 2 aliphatic rings. The van der Waals surface area contributed by atoms with Crippen molar-refractivity contribution in [3.63, 3.8) is 0 Å². The van der Waals surface area contributed by atoms with Gasteiger partial charge in [-0.2, -0.15) is 26.3 Å². The van der Waals surface area contributed by atoms with Gasteiger partial charge < -0.3 is 19.7 Å². The highest BCUT2D eigenvalue weighted by molar-refractivity contribution is 8.05. The number of ether oxygens (including phenoxy) is 2. The molecule has 27 heavy (non-hydrogen) atoms. The molecular weight excluding hydrogens is 436 g/mol. The second-order valence-electron chi connectivity index (χ2n) is 5.69. The lowest BCUT2D eigenvalue weighted by Gasteiger charge is -2.55. The summed E-state index contributed by atoms with van der Waals surface area (Å²) in [6.07, 6.45) is 0. The standard InChI is InChI=1S/C8H16N2O2.C2HF6NO4S2/c1-2-10-3-5-11-8(9,7-10)12-6-4-10;3-1(4,5)14(10,11)9-15(12,13)2(6,7)8/h9H,2-7H2,1H3;9H. The molecule has 0 spiro atoms. The zero-order valence-corrected chi connectivity index (χ0v) is 15.4. The third-order valence-corrected chi connectivity index (χ3v) is 6.82. The molecule has 2 rings (SSSR count). The monoisotopic (exact) mass is 453 g/mol. The largest absolute Gasteiger partial charge is 0.620 e. The molecule has 162 valence electrons. The molecule has 0 unspecified atom stereocenters. The van der Waals surface area contributed by atoms with Gasteiger partial charge in [0.1, 0.15) is 25.5 Å². The minimum atomic E-state index is -6.60. The van der Waals surface area contributed by atoms with Gasteiger partial charge in [0.05, 0.1) is 19.8 Å². The summed E-state index contributed by atoms with van der Waals surface area (Å²) in [4.78, 5) is 0.